The number of allylic oxidation sites excluding steroid dienone is 1. The summed E-state index contributed by atoms with van der Waals surface area (Å²) in [6.45, 7) is 2.39. The summed E-state index contributed by atoms with van der Waals surface area (Å²) in [5.74, 6) is -0.120. The fourth-order valence-electron chi connectivity index (χ4n) is 1.82. The minimum absolute atomic E-state index is 0.120. The first-order valence-electron chi connectivity index (χ1n) is 6.68. The second-order valence-electron chi connectivity index (χ2n) is 4.86. The average Bonchev–Trinajstić information content (AvgIpc) is 3.20. The van der Waals surface area contributed by atoms with Crippen molar-refractivity contribution in [2.24, 2.45) is 0 Å². The minimum Gasteiger partial charge on any atom is -0.489 e. The summed E-state index contributed by atoms with van der Waals surface area (Å²) in [4.78, 5) is 0. The summed E-state index contributed by atoms with van der Waals surface area (Å²) >= 11 is 0. The van der Waals surface area contributed by atoms with Gasteiger partial charge in [0.2, 0.25) is 0 Å². The van der Waals surface area contributed by atoms with Crippen molar-refractivity contribution in [2.75, 3.05) is 6.61 Å². The topological polar surface area (TPSA) is 21.3 Å². The summed E-state index contributed by atoms with van der Waals surface area (Å²) in [6.07, 6.45) is 1.22. The molecule has 20 heavy (non-hydrogen) atoms. The van der Waals surface area contributed by atoms with Crippen LogP contribution in [0.15, 0.2) is 30.4 Å². The van der Waals surface area contributed by atoms with Crippen LogP contribution < -0.4 is 10.1 Å². The monoisotopic (exact) mass is 285 g/mol. The van der Waals surface area contributed by atoms with Gasteiger partial charge in [-0.25, -0.2) is 0 Å². The summed E-state index contributed by atoms with van der Waals surface area (Å²) in [5.41, 5.74) is -0.0836. The van der Waals surface area contributed by atoms with E-state index in [9.17, 15) is 13.2 Å². The standard InChI is InChI=1S/C15H18F3NO/c1-2-3-8-20-14-7-4-11(10-19-12-5-6-12)9-13(14)15(16,17)18/h2-4,7,9,12,19H,5-6,8,10H2,1H3. The molecule has 0 radical (unpaired) electrons. The molecule has 0 aromatic heterocycles. The maximum Gasteiger partial charge on any atom is 0.419 e. The number of nitrogens with one attached hydrogen (secondary N) is 1. The van der Waals surface area contributed by atoms with Crippen LogP contribution in [-0.2, 0) is 12.7 Å². The van der Waals surface area contributed by atoms with E-state index in [0.29, 0.717) is 18.2 Å². The van der Waals surface area contributed by atoms with Gasteiger partial charge < -0.3 is 10.1 Å². The summed E-state index contributed by atoms with van der Waals surface area (Å²) in [7, 11) is 0. The van der Waals surface area contributed by atoms with Gasteiger partial charge in [-0.3, -0.25) is 0 Å². The molecule has 5 heteroatoms. The van der Waals surface area contributed by atoms with Gasteiger partial charge in [-0.1, -0.05) is 18.2 Å². The number of alkyl halides is 3. The van der Waals surface area contributed by atoms with Crippen LogP contribution in [0.25, 0.3) is 0 Å². The van der Waals surface area contributed by atoms with Crippen LogP contribution in [0.1, 0.15) is 30.9 Å². The summed E-state index contributed by atoms with van der Waals surface area (Å²) in [5, 5.41) is 3.20. The molecule has 0 saturated heterocycles. The molecule has 2 nitrogen and oxygen atoms in total. The number of rotatable bonds is 6. The molecule has 0 atom stereocenters. The van der Waals surface area contributed by atoms with Crippen molar-refractivity contribution in [3.8, 4) is 5.75 Å². The predicted octanol–water partition coefficient (Wildman–Crippen LogP) is 3.91. The van der Waals surface area contributed by atoms with Gasteiger partial charge in [-0.05, 0) is 37.5 Å². The molecule has 0 bridgehead atoms. The van der Waals surface area contributed by atoms with E-state index in [2.05, 4.69) is 5.32 Å². The van der Waals surface area contributed by atoms with Crippen molar-refractivity contribution in [3.63, 3.8) is 0 Å². The Morgan fingerprint density at radius 3 is 2.70 bits per heavy atom. The van der Waals surface area contributed by atoms with Gasteiger partial charge in [0.05, 0.1) is 5.56 Å². The Balaban J connectivity index is 2.13. The molecular weight excluding hydrogens is 267 g/mol. The Hall–Kier alpha value is -1.49. The van der Waals surface area contributed by atoms with Crippen LogP contribution in [0.4, 0.5) is 13.2 Å². The molecule has 1 aromatic rings. The molecule has 0 spiro atoms. The second kappa shape index (κ2) is 6.31. The van der Waals surface area contributed by atoms with E-state index in [0.717, 1.165) is 12.8 Å². The molecular formula is C15H18F3NO. The minimum atomic E-state index is -4.40. The van der Waals surface area contributed by atoms with Gasteiger partial charge in [0.1, 0.15) is 12.4 Å². The van der Waals surface area contributed by atoms with E-state index >= 15 is 0 Å². The third-order valence-electron chi connectivity index (χ3n) is 3.09. The Bertz CT molecular complexity index is 478. The number of halogens is 3. The van der Waals surface area contributed by atoms with E-state index in [-0.39, 0.29) is 12.4 Å². The predicted molar refractivity (Wildman–Crippen MR) is 71.6 cm³/mol. The first kappa shape index (κ1) is 14.9. The first-order valence-corrected chi connectivity index (χ1v) is 6.68. The number of hydrogen-bond acceptors (Lipinski definition) is 2. The molecule has 1 aliphatic carbocycles. The molecule has 0 aliphatic heterocycles. The molecule has 0 amide bonds. The maximum absolute atomic E-state index is 13.0. The van der Waals surface area contributed by atoms with Gasteiger partial charge in [0.25, 0.3) is 0 Å². The first-order chi connectivity index (χ1) is 9.50. The molecule has 0 heterocycles. The van der Waals surface area contributed by atoms with Gasteiger partial charge >= 0.3 is 6.18 Å². The van der Waals surface area contributed by atoms with Crippen molar-refractivity contribution in [2.45, 2.75) is 38.5 Å². The van der Waals surface area contributed by atoms with Crippen LogP contribution in [0.3, 0.4) is 0 Å². The zero-order valence-electron chi connectivity index (χ0n) is 11.3. The Labute approximate surface area is 116 Å². The maximum atomic E-state index is 13.0. The lowest BCUT2D eigenvalue weighted by atomic mass is 10.1. The van der Waals surface area contributed by atoms with E-state index in [1.165, 1.54) is 12.1 Å². The molecule has 1 fully saturated rings. The van der Waals surface area contributed by atoms with Crippen molar-refractivity contribution >= 4 is 0 Å². The van der Waals surface area contributed by atoms with Gasteiger partial charge in [-0.15, -0.1) is 0 Å². The zero-order valence-corrected chi connectivity index (χ0v) is 11.3. The third kappa shape index (κ3) is 4.27. The largest absolute Gasteiger partial charge is 0.489 e. The van der Waals surface area contributed by atoms with Crippen molar-refractivity contribution < 1.29 is 17.9 Å². The number of benzene rings is 1. The Morgan fingerprint density at radius 1 is 1.35 bits per heavy atom. The highest BCUT2D eigenvalue weighted by atomic mass is 19.4. The lowest BCUT2D eigenvalue weighted by Crippen LogP contribution is -2.16. The number of hydrogen-bond donors (Lipinski definition) is 1. The molecule has 1 saturated carbocycles. The van der Waals surface area contributed by atoms with E-state index in [4.69, 9.17) is 4.74 Å². The van der Waals surface area contributed by atoms with E-state index in [1.807, 2.05) is 0 Å². The molecule has 1 N–H and O–H groups in total. The van der Waals surface area contributed by atoms with Gasteiger partial charge in [0.15, 0.2) is 0 Å². The fraction of sp³-hybridized carbons (Fsp3) is 0.467. The third-order valence-corrected chi connectivity index (χ3v) is 3.09. The van der Waals surface area contributed by atoms with Crippen molar-refractivity contribution in [1.82, 2.24) is 5.32 Å². The van der Waals surface area contributed by atoms with Crippen LogP contribution >= 0.6 is 0 Å². The SMILES string of the molecule is CC=CCOc1ccc(CNC2CC2)cc1C(F)(F)F. The van der Waals surface area contributed by atoms with Crippen LogP contribution in [-0.4, -0.2) is 12.6 Å². The molecule has 1 aromatic carbocycles. The highest BCUT2D eigenvalue weighted by Crippen LogP contribution is 2.37. The van der Waals surface area contributed by atoms with E-state index < -0.39 is 11.7 Å². The highest BCUT2D eigenvalue weighted by Gasteiger charge is 2.34. The van der Waals surface area contributed by atoms with Crippen LogP contribution in [0.5, 0.6) is 5.75 Å². The van der Waals surface area contributed by atoms with Gasteiger partial charge in [-0.2, -0.15) is 13.2 Å². The quantitative estimate of drug-likeness (QED) is 0.800. The molecule has 2 rings (SSSR count). The average molecular weight is 285 g/mol. The highest BCUT2D eigenvalue weighted by molar-refractivity contribution is 5.39. The van der Waals surface area contributed by atoms with Crippen molar-refractivity contribution in [1.29, 1.82) is 0 Å². The van der Waals surface area contributed by atoms with Gasteiger partial charge in [0, 0.05) is 12.6 Å². The summed E-state index contributed by atoms with van der Waals surface area (Å²) in [6, 6.07) is 4.71. The van der Waals surface area contributed by atoms with Crippen molar-refractivity contribution in [3.05, 3.63) is 41.5 Å². The lowest BCUT2D eigenvalue weighted by molar-refractivity contribution is -0.138. The normalized spacial score (nSPS) is 15.8. The smallest absolute Gasteiger partial charge is 0.419 e. The lowest BCUT2D eigenvalue weighted by Gasteiger charge is -2.15. The Kier molecular flexibility index (Phi) is 4.70. The molecule has 110 valence electrons. The number of ether oxygens (including phenoxy) is 1. The second-order valence-corrected chi connectivity index (χ2v) is 4.86. The van der Waals surface area contributed by atoms with Crippen LogP contribution in [0, 0.1) is 0 Å². The van der Waals surface area contributed by atoms with Crippen LogP contribution in [0.2, 0.25) is 0 Å². The zero-order chi connectivity index (χ0) is 14.6. The fourth-order valence-corrected chi connectivity index (χ4v) is 1.82. The summed E-state index contributed by atoms with van der Waals surface area (Å²) < 4.78 is 44.3. The Morgan fingerprint density at radius 2 is 2.10 bits per heavy atom. The van der Waals surface area contributed by atoms with E-state index in [1.54, 1.807) is 25.1 Å². The molecule has 0 unspecified atom stereocenters. The molecule has 1 aliphatic rings.